The van der Waals surface area contributed by atoms with Gasteiger partial charge in [0.2, 0.25) is 0 Å². The largest absolute Gasteiger partial charge is 1.00 e. The average Bonchev–Trinajstić information content (AvgIpc) is 2.36. The second-order valence-corrected chi connectivity index (χ2v) is 4.63. The lowest BCUT2D eigenvalue weighted by atomic mass is 10.1. The minimum absolute atomic E-state index is 0. The van der Waals surface area contributed by atoms with Gasteiger partial charge in [0.1, 0.15) is 6.61 Å². The van der Waals surface area contributed by atoms with E-state index in [2.05, 4.69) is 29.8 Å². The molecule has 1 aromatic heterocycles. The van der Waals surface area contributed by atoms with Gasteiger partial charge in [-0.3, -0.25) is 0 Å². The van der Waals surface area contributed by atoms with Crippen LogP contribution in [0.2, 0.25) is 0 Å². The number of halogens is 1. The lowest BCUT2D eigenvalue weighted by Gasteiger charge is -2.03. The van der Waals surface area contributed by atoms with Crippen molar-refractivity contribution in [1.29, 1.82) is 0 Å². The molecule has 0 aliphatic rings. The number of aryl methyl sites for hydroxylation is 1. The predicted molar refractivity (Wildman–Crippen MR) is 70.8 cm³/mol. The SMILES string of the molecule is CCCCCCCCc1cccc[n+]1CCO.[Cl-]. The molecule has 0 bridgehead atoms. The van der Waals surface area contributed by atoms with E-state index in [4.69, 9.17) is 5.11 Å². The predicted octanol–water partition coefficient (Wildman–Crippen LogP) is -0.127. The van der Waals surface area contributed by atoms with E-state index in [9.17, 15) is 0 Å². The Kier molecular flexibility index (Phi) is 11.1. The molecule has 2 nitrogen and oxygen atoms in total. The maximum atomic E-state index is 8.99. The molecular weight excluding hydrogens is 246 g/mol. The lowest BCUT2D eigenvalue weighted by Crippen LogP contribution is -3.00. The molecule has 0 spiro atoms. The van der Waals surface area contributed by atoms with Crippen molar-refractivity contribution in [3.63, 3.8) is 0 Å². The van der Waals surface area contributed by atoms with Crippen molar-refractivity contribution in [2.24, 2.45) is 0 Å². The van der Waals surface area contributed by atoms with E-state index in [1.807, 2.05) is 6.07 Å². The number of aliphatic hydroxyl groups is 1. The third-order valence-corrected chi connectivity index (χ3v) is 3.16. The van der Waals surface area contributed by atoms with Gasteiger partial charge in [-0.15, -0.1) is 0 Å². The van der Waals surface area contributed by atoms with Crippen molar-refractivity contribution >= 4 is 0 Å². The molecule has 0 saturated carbocycles. The van der Waals surface area contributed by atoms with Gasteiger partial charge in [0.15, 0.2) is 18.4 Å². The van der Waals surface area contributed by atoms with Gasteiger partial charge >= 0.3 is 0 Å². The van der Waals surface area contributed by atoms with E-state index in [0.29, 0.717) is 6.54 Å². The summed E-state index contributed by atoms with van der Waals surface area (Å²) >= 11 is 0. The monoisotopic (exact) mass is 271 g/mol. The van der Waals surface area contributed by atoms with Crippen LogP contribution in [0.4, 0.5) is 0 Å². The first-order valence-corrected chi connectivity index (χ1v) is 6.96. The quantitative estimate of drug-likeness (QED) is 0.491. The Hall–Kier alpha value is -0.600. The van der Waals surface area contributed by atoms with Crippen molar-refractivity contribution in [3.8, 4) is 0 Å². The van der Waals surface area contributed by atoms with E-state index in [0.717, 1.165) is 6.42 Å². The molecule has 0 radical (unpaired) electrons. The van der Waals surface area contributed by atoms with Gasteiger partial charge in [-0.25, -0.2) is 4.57 Å². The Labute approximate surface area is 117 Å². The third kappa shape index (κ3) is 6.97. The molecule has 0 aliphatic carbocycles. The Morgan fingerprint density at radius 3 is 2.50 bits per heavy atom. The summed E-state index contributed by atoms with van der Waals surface area (Å²) in [6.45, 7) is 3.19. The molecule has 1 rings (SSSR count). The molecule has 104 valence electrons. The molecule has 0 atom stereocenters. The standard InChI is InChI=1S/C15H26NO.ClH/c1-2-3-4-5-6-7-10-15-11-8-9-12-16(15)13-14-17;/h8-9,11-12,17H,2-7,10,13-14H2,1H3;1H/q+1;/p-1. The second kappa shape index (κ2) is 11.5. The minimum atomic E-state index is 0. The number of pyridine rings is 1. The Morgan fingerprint density at radius 1 is 1.06 bits per heavy atom. The van der Waals surface area contributed by atoms with Crippen LogP contribution in [0.1, 0.15) is 51.1 Å². The Morgan fingerprint density at radius 2 is 1.78 bits per heavy atom. The van der Waals surface area contributed by atoms with Gasteiger partial charge in [0.05, 0.1) is 0 Å². The first-order valence-electron chi connectivity index (χ1n) is 6.96. The van der Waals surface area contributed by atoms with E-state index in [1.165, 1.54) is 44.2 Å². The normalized spacial score (nSPS) is 10.1. The summed E-state index contributed by atoms with van der Waals surface area (Å²) in [4.78, 5) is 0. The zero-order valence-corrected chi connectivity index (χ0v) is 12.2. The maximum absolute atomic E-state index is 8.99. The van der Waals surface area contributed by atoms with Crippen molar-refractivity contribution in [2.45, 2.75) is 58.4 Å². The summed E-state index contributed by atoms with van der Waals surface area (Å²) in [5, 5.41) is 8.99. The number of aliphatic hydroxyl groups excluding tert-OH is 1. The van der Waals surface area contributed by atoms with Crippen molar-refractivity contribution in [1.82, 2.24) is 0 Å². The highest BCUT2D eigenvalue weighted by atomic mass is 35.5. The highest BCUT2D eigenvalue weighted by Gasteiger charge is 2.07. The van der Waals surface area contributed by atoms with Crippen molar-refractivity contribution < 1.29 is 22.1 Å². The molecular formula is C15H26ClNO. The Balaban J connectivity index is 0.00000289. The zero-order valence-electron chi connectivity index (χ0n) is 11.4. The van der Waals surface area contributed by atoms with Gasteiger partial charge in [0, 0.05) is 18.6 Å². The topological polar surface area (TPSA) is 24.1 Å². The molecule has 3 heteroatoms. The molecule has 0 aromatic carbocycles. The van der Waals surface area contributed by atoms with E-state index < -0.39 is 0 Å². The van der Waals surface area contributed by atoms with Crippen molar-refractivity contribution in [3.05, 3.63) is 30.1 Å². The molecule has 18 heavy (non-hydrogen) atoms. The van der Waals surface area contributed by atoms with E-state index in [1.54, 1.807) is 0 Å². The number of unbranched alkanes of at least 4 members (excludes halogenated alkanes) is 5. The fourth-order valence-corrected chi connectivity index (χ4v) is 2.15. The second-order valence-electron chi connectivity index (χ2n) is 4.63. The first kappa shape index (κ1) is 17.4. The molecule has 0 unspecified atom stereocenters. The minimum Gasteiger partial charge on any atom is -1.00 e. The van der Waals surface area contributed by atoms with Crippen LogP contribution < -0.4 is 17.0 Å². The van der Waals surface area contributed by atoms with Gasteiger partial charge in [-0.1, -0.05) is 45.1 Å². The molecule has 1 heterocycles. The zero-order chi connectivity index (χ0) is 12.3. The smallest absolute Gasteiger partial charge is 0.181 e. The number of aromatic nitrogens is 1. The van der Waals surface area contributed by atoms with E-state index in [-0.39, 0.29) is 19.0 Å². The first-order chi connectivity index (χ1) is 8.38. The summed E-state index contributed by atoms with van der Waals surface area (Å²) in [7, 11) is 0. The van der Waals surface area contributed by atoms with Crippen LogP contribution >= 0.6 is 0 Å². The number of rotatable bonds is 9. The number of nitrogens with zero attached hydrogens (tertiary/aromatic N) is 1. The average molecular weight is 272 g/mol. The number of hydrogen-bond donors (Lipinski definition) is 1. The molecule has 0 fully saturated rings. The van der Waals surface area contributed by atoms with Gasteiger partial charge in [-0.05, 0) is 6.42 Å². The summed E-state index contributed by atoms with van der Waals surface area (Å²) in [6.07, 6.45) is 11.2. The van der Waals surface area contributed by atoms with Crippen LogP contribution in [0.15, 0.2) is 24.4 Å². The summed E-state index contributed by atoms with van der Waals surface area (Å²) in [5.41, 5.74) is 1.34. The molecule has 0 amide bonds. The van der Waals surface area contributed by atoms with Gasteiger partial charge < -0.3 is 17.5 Å². The molecule has 1 N–H and O–H groups in total. The van der Waals surface area contributed by atoms with Crippen LogP contribution in [0.5, 0.6) is 0 Å². The highest BCUT2D eigenvalue weighted by Crippen LogP contribution is 2.07. The van der Waals surface area contributed by atoms with Crippen molar-refractivity contribution in [2.75, 3.05) is 6.61 Å². The summed E-state index contributed by atoms with van der Waals surface area (Å²) in [6, 6.07) is 6.28. The molecule has 0 aliphatic heterocycles. The van der Waals surface area contributed by atoms with Crippen LogP contribution in [0.25, 0.3) is 0 Å². The summed E-state index contributed by atoms with van der Waals surface area (Å²) in [5.74, 6) is 0. The fourth-order valence-electron chi connectivity index (χ4n) is 2.15. The van der Waals surface area contributed by atoms with Crippen LogP contribution in [-0.4, -0.2) is 11.7 Å². The fraction of sp³-hybridized carbons (Fsp3) is 0.667. The molecule has 1 aromatic rings. The lowest BCUT2D eigenvalue weighted by molar-refractivity contribution is -0.705. The molecule has 0 saturated heterocycles. The highest BCUT2D eigenvalue weighted by molar-refractivity contribution is 4.97. The van der Waals surface area contributed by atoms with Crippen LogP contribution in [0.3, 0.4) is 0 Å². The van der Waals surface area contributed by atoms with Gasteiger partial charge in [-0.2, -0.15) is 0 Å². The van der Waals surface area contributed by atoms with Crippen LogP contribution in [0, 0.1) is 0 Å². The third-order valence-electron chi connectivity index (χ3n) is 3.16. The maximum Gasteiger partial charge on any atom is 0.181 e. The van der Waals surface area contributed by atoms with Gasteiger partial charge in [0.25, 0.3) is 0 Å². The summed E-state index contributed by atoms with van der Waals surface area (Å²) < 4.78 is 2.16. The number of hydrogen-bond acceptors (Lipinski definition) is 1. The Bertz CT molecular complexity index is 304. The van der Waals surface area contributed by atoms with E-state index >= 15 is 0 Å². The van der Waals surface area contributed by atoms with Crippen LogP contribution in [-0.2, 0) is 13.0 Å².